The molecule has 1 saturated heterocycles. The van der Waals surface area contributed by atoms with Gasteiger partial charge in [0, 0.05) is 18.2 Å². The Bertz CT molecular complexity index is 1670. The van der Waals surface area contributed by atoms with E-state index in [0.29, 0.717) is 12.4 Å². The highest BCUT2D eigenvalue weighted by atomic mass is 16.6. The van der Waals surface area contributed by atoms with E-state index in [0.717, 1.165) is 44.1 Å². The van der Waals surface area contributed by atoms with E-state index in [4.69, 9.17) is 19.0 Å². The molecule has 0 radical (unpaired) electrons. The lowest BCUT2D eigenvalue weighted by atomic mass is 9.98. The fourth-order valence-corrected chi connectivity index (χ4v) is 6.66. The van der Waals surface area contributed by atoms with Gasteiger partial charge in [0.2, 0.25) is 11.7 Å². The van der Waals surface area contributed by atoms with Crippen molar-refractivity contribution in [1.29, 1.82) is 0 Å². The van der Waals surface area contributed by atoms with Crippen molar-refractivity contribution in [2.24, 2.45) is 0 Å². The van der Waals surface area contributed by atoms with E-state index in [9.17, 15) is 14.4 Å². The molecule has 2 N–H and O–H groups in total. The van der Waals surface area contributed by atoms with Gasteiger partial charge >= 0.3 is 0 Å². The molecular formula is C42H49N3O7. The number of ketones is 1. The van der Waals surface area contributed by atoms with Gasteiger partial charge in [0.05, 0.1) is 34.0 Å². The molecule has 1 aliphatic rings. The van der Waals surface area contributed by atoms with E-state index in [1.165, 1.54) is 49.5 Å². The first kappa shape index (κ1) is 38.1. The number of benzene rings is 4. The minimum absolute atomic E-state index is 0.0649. The fraction of sp³-hybridized carbons (Fsp3) is 0.357. The predicted molar refractivity (Wildman–Crippen MR) is 199 cm³/mol. The molecule has 2 amide bonds. The third-order valence-electron chi connectivity index (χ3n) is 9.39. The van der Waals surface area contributed by atoms with Gasteiger partial charge in [-0.2, -0.15) is 5.48 Å². The van der Waals surface area contributed by atoms with E-state index < -0.39 is 17.7 Å². The monoisotopic (exact) mass is 707 g/mol. The number of carbonyl (C=O) groups excluding carboxylic acids is 3. The van der Waals surface area contributed by atoms with Crippen LogP contribution < -0.4 is 25.0 Å². The second-order valence-electron chi connectivity index (χ2n) is 13.0. The molecule has 0 saturated carbocycles. The zero-order valence-electron chi connectivity index (χ0n) is 30.2. The number of hydrogen-bond acceptors (Lipinski definition) is 8. The van der Waals surface area contributed by atoms with Gasteiger partial charge in [0.1, 0.15) is 6.04 Å². The first-order valence-electron chi connectivity index (χ1n) is 17.8. The summed E-state index contributed by atoms with van der Waals surface area (Å²) in [7, 11) is 4.34. The Morgan fingerprint density at radius 1 is 0.731 bits per heavy atom. The molecule has 0 unspecified atom stereocenters. The summed E-state index contributed by atoms with van der Waals surface area (Å²) in [5, 5.41) is 3.28. The zero-order valence-corrected chi connectivity index (χ0v) is 30.2. The molecule has 0 spiro atoms. The number of carbonyl (C=O) groups is 3. The lowest BCUT2D eigenvalue weighted by Gasteiger charge is -2.26. The van der Waals surface area contributed by atoms with Gasteiger partial charge < -0.3 is 24.4 Å². The molecule has 52 heavy (non-hydrogen) atoms. The van der Waals surface area contributed by atoms with Crippen LogP contribution in [0.25, 0.3) is 0 Å². The van der Waals surface area contributed by atoms with Crippen LogP contribution >= 0.6 is 0 Å². The highest BCUT2D eigenvalue weighted by molar-refractivity contribution is 6.43. The first-order chi connectivity index (χ1) is 25.4. The third-order valence-corrected chi connectivity index (χ3v) is 9.39. The van der Waals surface area contributed by atoms with Crippen molar-refractivity contribution in [3.05, 3.63) is 125 Å². The Hall–Kier alpha value is -5.19. The number of nitrogens with one attached hydrogen (secondary N) is 2. The van der Waals surface area contributed by atoms with E-state index in [-0.39, 0.29) is 48.0 Å². The lowest BCUT2D eigenvalue weighted by Crippen LogP contribution is -2.50. The first-order valence-corrected chi connectivity index (χ1v) is 17.8. The predicted octanol–water partition coefficient (Wildman–Crippen LogP) is 6.12. The minimum atomic E-state index is -0.887. The summed E-state index contributed by atoms with van der Waals surface area (Å²) in [6, 6.07) is 31.8. The average Bonchev–Trinajstić information content (AvgIpc) is 3.62. The largest absolute Gasteiger partial charge is 0.493 e. The number of nitrogens with zero attached hydrogens (tertiary/aromatic N) is 1. The molecule has 1 heterocycles. The van der Waals surface area contributed by atoms with Crippen LogP contribution in [0.1, 0.15) is 59.2 Å². The van der Waals surface area contributed by atoms with Gasteiger partial charge in [-0.05, 0) is 73.8 Å². The van der Waals surface area contributed by atoms with Crippen molar-refractivity contribution in [2.75, 3.05) is 27.9 Å². The maximum atomic E-state index is 14.2. The van der Waals surface area contributed by atoms with Crippen LogP contribution in [0.2, 0.25) is 0 Å². The van der Waals surface area contributed by atoms with Crippen molar-refractivity contribution < 1.29 is 33.4 Å². The number of ether oxygens (including phenoxy) is 3. The van der Waals surface area contributed by atoms with Crippen LogP contribution in [0.4, 0.5) is 0 Å². The topological polar surface area (TPSA) is 115 Å². The summed E-state index contributed by atoms with van der Waals surface area (Å²) >= 11 is 0. The SMILES string of the molecule is COc1cc(C(=O)C(=O)N2C[C@H](NOCc3ccccc3)C[C@H]2C(=O)NC(CCCc2ccccc2)CCCc2ccccc2)cc(OC)c1OC. The minimum Gasteiger partial charge on any atom is -0.493 e. The van der Waals surface area contributed by atoms with Gasteiger partial charge in [-0.3, -0.25) is 19.2 Å². The molecular weight excluding hydrogens is 658 g/mol. The van der Waals surface area contributed by atoms with Crippen LogP contribution in [0.15, 0.2) is 103 Å². The molecule has 1 aliphatic heterocycles. The summed E-state index contributed by atoms with van der Waals surface area (Å²) in [6.07, 6.45) is 5.41. The lowest BCUT2D eigenvalue weighted by molar-refractivity contribution is -0.135. The van der Waals surface area contributed by atoms with Gasteiger partial charge in [-0.25, -0.2) is 0 Å². The summed E-state index contributed by atoms with van der Waals surface area (Å²) in [5.74, 6) is -1.08. The molecule has 4 aromatic rings. The quantitative estimate of drug-likeness (QED) is 0.0682. The number of amides is 2. The van der Waals surface area contributed by atoms with Crippen LogP contribution in [-0.4, -0.2) is 68.5 Å². The van der Waals surface area contributed by atoms with Crippen molar-refractivity contribution in [3.8, 4) is 17.2 Å². The van der Waals surface area contributed by atoms with E-state index in [2.05, 4.69) is 35.1 Å². The Morgan fingerprint density at radius 3 is 1.75 bits per heavy atom. The summed E-state index contributed by atoms with van der Waals surface area (Å²) in [6.45, 7) is 0.409. The van der Waals surface area contributed by atoms with Crippen molar-refractivity contribution in [2.45, 2.75) is 69.7 Å². The Labute approximate surface area is 306 Å². The molecule has 0 aliphatic carbocycles. The van der Waals surface area contributed by atoms with Gasteiger partial charge in [0.15, 0.2) is 11.5 Å². The van der Waals surface area contributed by atoms with Crippen LogP contribution in [-0.2, 0) is 33.9 Å². The highest BCUT2D eigenvalue weighted by Gasteiger charge is 2.42. The number of methoxy groups -OCH3 is 3. The molecule has 4 aromatic carbocycles. The van der Waals surface area contributed by atoms with E-state index in [1.54, 1.807) is 0 Å². The maximum absolute atomic E-state index is 14.2. The van der Waals surface area contributed by atoms with Crippen molar-refractivity contribution in [3.63, 3.8) is 0 Å². The number of Topliss-reactive ketones (excluding diaryl/α,β-unsaturated/α-hetero) is 1. The summed E-state index contributed by atoms with van der Waals surface area (Å²) < 4.78 is 16.2. The normalized spacial score (nSPS) is 15.3. The molecule has 2 atom stereocenters. The van der Waals surface area contributed by atoms with Crippen molar-refractivity contribution >= 4 is 17.6 Å². The Kier molecular flexibility index (Phi) is 14.2. The van der Waals surface area contributed by atoms with Crippen LogP contribution in [0, 0.1) is 0 Å². The number of hydrogen-bond donors (Lipinski definition) is 2. The van der Waals surface area contributed by atoms with E-state index in [1.807, 2.05) is 66.7 Å². The molecule has 0 aromatic heterocycles. The second kappa shape index (κ2) is 19.4. The summed E-state index contributed by atoms with van der Waals surface area (Å²) in [5.41, 5.74) is 6.58. The van der Waals surface area contributed by atoms with Gasteiger partial charge in [0.25, 0.3) is 11.7 Å². The number of aryl methyl sites for hydroxylation is 2. The zero-order chi connectivity index (χ0) is 36.7. The number of likely N-dealkylation sites (tertiary alicyclic amines) is 1. The molecule has 10 heteroatoms. The van der Waals surface area contributed by atoms with Crippen molar-refractivity contribution in [1.82, 2.24) is 15.7 Å². The molecule has 10 nitrogen and oxygen atoms in total. The number of hydroxylamine groups is 1. The Morgan fingerprint density at radius 2 is 1.25 bits per heavy atom. The van der Waals surface area contributed by atoms with E-state index >= 15 is 0 Å². The molecule has 274 valence electrons. The standard InChI is InChI=1S/C42H49N3O7/c1-49-37-25-33(26-38(50-2)40(37)51-3)39(46)42(48)45-28-35(44-52-29-32-19-11-6-12-20-32)27-36(45)41(47)43-34(23-13-21-30-15-7-4-8-16-30)24-14-22-31-17-9-5-10-18-31/h4-12,15-20,25-26,34-36,44H,13-14,21-24,27-29H2,1-3H3,(H,43,47)/t35-,36+/m1/s1. The third kappa shape index (κ3) is 10.4. The average molecular weight is 708 g/mol. The smallest absolute Gasteiger partial charge is 0.295 e. The molecule has 1 fully saturated rings. The fourth-order valence-electron chi connectivity index (χ4n) is 6.66. The van der Waals surface area contributed by atoms with Gasteiger partial charge in [-0.15, -0.1) is 0 Å². The van der Waals surface area contributed by atoms with Crippen LogP contribution in [0.3, 0.4) is 0 Å². The molecule has 0 bridgehead atoms. The Balaban J connectivity index is 1.32. The maximum Gasteiger partial charge on any atom is 0.295 e. The highest BCUT2D eigenvalue weighted by Crippen LogP contribution is 2.38. The van der Waals surface area contributed by atoms with Crippen LogP contribution in [0.5, 0.6) is 17.2 Å². The number of rotatable bonds is 19. The van der Waals surface area contributed by atoms with Gasteiger partial charge in [-0.1, -0.05) is 91.0 Å². The summed E-state index contributed by atoms with van der Waals surface area (Å²) in [4.78, 5) is 49.2. The molecule has 5 rings (SSSR count). The second-order valence-corrected chi connectivity index (χ2v) is 13.0.